The van der Waals surface area contributed by atoms with Crippen molar-refractivity contribution in [2.24, 2.45) is 53.3 Å². The number of alkyl halides is 5. The van der Waals surface area contributed by atoms with Crippen LogP contribution in [0.5, 0.6) is 0 Å². The molecule has 35 heteroatoms. The molecule has 9 unspecified atom stereocenters. The largest absolute Gasteiger partial charge is 0.455 e. The highest BCUT2D eigenvalue weighted by atomic mass is 35.5. The molecule has 0 aliphatic carbocycles. The minimum Gasteiger partial charge on any atom is -0.455 e. The van der Waals surface area contributed by atoms with Gasteiger partial charge < -0.3 is 125 Å². The van der Waals surface area contributed by atoms with Crippen molar-refractivity contribution < 1.29 is 162 Å². The van der Waals surface area contributed by atoms with Gasteiger partial charge in [-0.25, -0.2) is 17.6 Å². The molecule has 120 heavy (non-hydrogen) atoms. The summed E-state index contributed by atoms with van der Waals surface area (Å²) < 4.78 is 162. The first-order valence-electron chi connectivity index (χ1n) is 42.7. The fraction of sp³-hybridized carbons (Fsp3) is 0.953. The molecule has 710 valence electrons. The SMILES string of the molecule is C.CC1(C)OC2[C@@H](O[C@H](CO)[C@@H]2O)O1.CC[C@H]1O[C@@H](Cl)C(F)[C@H]1C.CC[C@H]1O[C@@H](O)C(F)[C@H]1C.CC[C@H]1O[C@@H](OC(C)=O)C(F)[C@H]1C.CC[C@H]1O[C@@H](OC(C)=O)C(OC(C)=O)[C@H]1C.CC[C@H]1O[C@@H](OC)C(=O)[C@H]1C.CC[C@H]1O[C@@H](OC)C(F)[C@H]1C.CC[C@H]1O[C@@H](OC)C(O)[C@H]1C.CC[C@H]1O[C@@H](OC)C(O)[C@H]1C.CC[C@H]1O[C@H]2OC(C)(C)OC2[C@H]1C. The van der Waals surface area contributed by atoms with Gasteiger partial charge in [0, 0.05) is 102 Å². The van der Waals surface area contributed by atoms with E-state index in [1.54, 1.807) is 41.9 Å². The van der Waals surface area contributed by atoms with Crippen LogP contribution in [-0.2, 0) is 119 Å². The first-order chi connectivity index (χ1) is 55.7. The van der Waals surface area contributed by atoms with Crippen LogP contribution in [0.1, 0.15) is 238 Å². The summed E-state index contributed by atoms with van der Waals surface area (Å²) in [6, 6.07) is 0. The molecule has 12 fully saturated rings. The van der Waals surface area contributed by atoms with Crippen molar-refractivity contribution in [3.05, 3.63) is 0 Å². The highest BCUT2D eigenvalue weighted by Gasteiger charge is 2.56. The molecule has 12 heterocycles. The van der Waals surface area contributed by atoms with Gasteiger partial charge in [-0.2, -0.15) is 0 Å². The minimum atomic E-state index is -1.20. The lowest BCUT2D eigenvalue weighted by Gasteiger charge is -2.22. The van der Waals surface area contributed by atoms with Gasteiger partial charge in [-0.3, -0.25) is 19.2 Å². The summed E-state index contributed by atoms with van der Waals surface area (Å²) >= 11 is 5.53. The first kappa shape index (κ1) is 113. The number of carbonyl (C=O) groups is 4. The summed E-state index contributed by atoms with van der Waals surface area (Å²) in [4.78, 5) is 43.7. The second-order valence-corrected chi connectivity index (χ2v) is 33.4. The van der Waals surface area contributed by atoms with Gasteiger partial charge in [0.1, 0.15) is 42.8 Å². The van der Waals surface area contributed by atoms with Crippen LogP contribution in [0, 0.1) is 53.3 Å². The predicted molar refractivity (Wildman–Crippen MR) is 433 cm³/mol. The normalized spacial score (nSPS) is 42.9. The number of fused-ring (bicyclic) bond motifs is 2. The number of hydrogen-bond acceptors (Lipinski definition) is 30. The quantitative estimate of drug-likeness (QED) is 0.0391. The molecule has 0 radical (unpaired) electrons. The van der Waals surface area contributed by atoms with Gasteiger partial charge in [0.05, 0.1) is 61.5 Å². The number of halogens is 5. The van der Waals surface area contributed by atoms with Gasteiger partial charge in [-0.1, -0.05) is 144 Å². The number of aliphatic hydroxyl groups is 5. The zero-order valence-electron chi connectivity index (χ0n) is 75.9. The molecule has 0 spiro atoms. The van der Waals surface area contributed by atoms with Crippen LogP contribution >= 0.6 is 11.6 Å². The molecule has 0 amide bonds. The molecular weight excluding hydrogens is 1610 g/mol. The Balaban J connectivity index is 0.000000453. The number of carbonyl (C=O) groups excluding carboxylic acids is 4. The molecule has 0 bridgehead atoms. The van der Waals surface area contributed by atoms with Crippen molar-refractivity contribution in [1.29, 1.82) is 0 Å². The van der Waals surface area contributed by atoms with Gasteiger partial charge in [-0.15, -0.1) is 0 Å². The van der Waals surface area contributed by atoms with Crippen molar-refractivity contribution in [2.45, 2.75) is 434 Å². The van der Waals surface area contributed by atoms with Gasteiger partial charge in [-0.05, 0) is 85.5 Å². The first-order valence-corrected chi connectivity index (χ1v) is 43.1. The molecule has 12 aliphatic heterocycles. The van der Waals surface area contributed by atoms with Crippen molar-refractivity contribution in [2.75, 3.05) is 35.0 Å². The molecule has 0 aromatic heterocycles. The van der Waals surface area contributed by atoms with Crippen LogP contribution in [0.15, 0.2) is 0 Å². The van der Waals surface area contributed by atoms with E-state index in [1.807, 2.05) is 111 Å². The summed E-state index contributed by atoms with van der Waals surface area (Å²) in [6.07, 6.45) is -5.23. The number of esters is 3. The predicted octanol–water partition coefficient (Wildman–Crippen LogP) is 12.3. The van der Waals surface area contributed by atoms with Gasteiger partial charge in [0.2, 0.25) is 18.9 Å². The highest BCUT2D eigenvalue weighted by Crippen LogP contribution is 2.43. The van der Waals surface area contributed by atoms with E-state index in [1.165, 1.54) is 35.0 Å². The average Bonchev–Trinajstić information content (AvgIpc) is 1.63. The van der Waals surface area contributed by atoms with Crippen LogP contribution < -0.4 is 0 Å². The Morgan fingerprint density at radius 2 is 0.708 bits per heavy atom. The van der Waals surface area contributed by atoms with E-state index in [2.05, 4.69) is 18.6 Å². The summed E-state index contributed by atoms with van der Waals surface area (Å²) in [5, 5.41) is 46.3. The summed E-state index contributed by atoms with van der Waals surface area (Å²) in [6.45, 7) is 46.2. The summed E-state index contributed by atoms with van der Waals surface area (Å²) in [7, 11) is 6.08. The maximum absolute atomic E-state index is 13.4. The number of aliphatic hydroxyl groups excluding tert-OH is 5. The van der Waals surface area contributed by atoms with Gasteiger partial charge in [0.25, 0.3) is 0 Å². The standard InChI is InChI=1S/C11H18O5.C10H18O3.C9H15FO3.C8H15FO2.C8H14O5.2C8H16O3.C8H14O3.C7H12ClFO.C7H13FO2.CH4/c1-5-9-6(2)10(14-7(3)12)11(16-9)15-8(4)13;1-5-7-6(2)8-9(11-7)13-10(3,4)12-8;1-4-7-5(2)8(10)9(13-7)12-6(3)11;1-4-6-5(2)7(9)8(10-3)11-6;1-8(2)12-6-5(10)4(3-9)11-7(6)13-8;3*1-4-6-5(2)7(9)8(10-3)11-6;1-3-5-4(2)6(9)7(8)10-5;1-3-5-4(2)6(8)7(9)10-5;/h6,9-11H,5H2,1-4H3;6-9H,5H2,1-4H3;5,7-9H,4H2,1-3H3;5-8H,4H2,1-3H3;4-7,9-10H,3H2,1-2H3;2*5-9H,4H2,1-3H3;5-6,8H,4H2,1-3H3;4-7H,3H2,1-2H3;4-7,9H,3H2,1-2H3;1H4/t6-,9+,10?,11+;6-,7+,8?,9-;5-,7+,8?,9+;5-,6+,7?,8+;4-,5+,6?,7+;2*5-,6+,7?,8+;5-,6+,8+;2*4-,5+,6?,7+;/m0000100000./s1. The molecule has 30 nitrogen and oxygen atoms in total. The lowest BCUT2D eigenvalue weighted by atomic mass is 9.99. The van der Waals surface area contributed by atoms with Crippen LogP contribution in [0.4, 0.5) is 17.6 Å². The summed E-state index contributed by atoms with van der Waals surface area (Å²) in [5.41, 5.74) is -0.722. The number of ether oxygens (including phenoxy) is 21. The smallest absolute Gasteiger partial charge is 0.305 e. The number of hydrogen-bond donors (Lipinski definition) is 5. The molecule has 5 N–H and O–H groups in total. The minimum absolute atomic E-state index is 0. The third-order valence-corrected chi connectivity index (χ3v) is 23.8. The Kier molecular flexibility index (Phi) is 50.8. The van der Waals surface area contributed by atoms with Crippen LogP contribution in [-0.4, -0.2) is 280 Å². The van der Waals surface area contributed by atoms with Crippen LogP contribution in [0.2, 0.25) is 0 Å². The molecule has 0 aromatic rings. The molecular formula is C85H155ClF4O30. The lowest BCUT2D eigenvalue weighted by molar-refractivity contribution is -0.218. The molecule has 0 aromatic carbocycles. The monoisotopic (exact) mass is 1770 g/mol. The van der Waals surface area contributed by atoms with E-state index in [9.17, 15) is 52.1 Å². The zero-order chi connectivity index (χ0) is 90.7. The fourth-order valence-electron chi connectivity index (χ4n) is 15.8. The van der Waals surface area contributed by atoms with Crippen LogP contribution in [0.3, 0.4) is 0 Å². The lowest BCUT2D eigenvalue weighted by Crippen LogP contribution is -2.36. The highest BCUT2D eigenvalue weighted by molar-refractivity contribution is 6.20. The molecule has 0 saturated carbocycles. The third-order valence-electron chi connectivity index (χ3n) is 23.5. The van der Waals surface area contributed by atoms with Gasteiger partial charge in [0.15, 0.2) is 85.3 Å². The molecule has 12 aliphatic rings. The van der Waals surface area contributed by atoms with E-state index in [4.69, 9.17) is 117 Å². The number of ketones is 1. The Labute approximate surface area is 716 Å². The average molecular weight is 1770 g/mol. The van der Waals surface area contributed by atoms with E-state index in [0.717, 1.165) is 57.8 Å². The Morgan fingerprint density at radius 3 is 1.01 bits per heavy atom. The number of Topliss-reactive ketones (excluding diaryl/α,β-unsaturated/α-hetero) is 1. The van der Waals surface area contributed by atoms with E-state index in [0.29, 0.717) is 12.0 Å². The zero-order valence-corrected chi connectivity index (χ0v) is 76.7. The fourth-order valence-corrected chi connectivity index (χ4v) is 16.2. The van der Waals surface area contributed by atoms with Crippen molar-refractivity contribution in [3.8, 4) is 0 Å². The van der Waals surface area contributed by atoms with Crippen molar-refractivity contribution >= 4 is 35.3 Å². The topological polar surface area (TPSA) is 363 Å². The van der Waals surface area contributed by atoms with E-state index < -0.39 is 147 Å². The Morgan fingerprint density at radius 1 is 0.375 bits per heavy atom. The second kappa shape index (κ2) is 53.8. The van der Waals surface area contributed by atoms with Crippen LogP contribution in [0.25, 0.3) is 0 Å². The van der Waals surface area contributed by atoms with Crippen molar-refractivity contribution in [1.82, 2.24) is 0 Å². The molecule has 39 atom stereocenters. The number of rotatable bonds is 17. The Bertz CT molecular complexity index is 2670. The molecule has 12 rings (SSSR count). The maximum atomic E-state index is 13.4. The number of methoxy groups -OCH3 is 4. The maximum Gasteiger partial charge on any atom is 0.305 e. The summed E-state index contributed by atoms with van der Waals surface area (Å²) in [5.74, 6) is -2.07. The van der Waals surface area contributed by atoms with Crippen molar-refractivity contribution in [3.63, 3.8) is 0 Å². The molecule has 12 saturated heterocycles. The third kappa shape index (κ3) is 31.8. The van der Waals surface area contributed by atoms with E-state index >= 15 is 0 Å². The second-order valence-electron chi connectivity index (χ2n) is 33.0. The van der Waals surface area contributed by atoms with E-state index in [-0.39, 0.29) is 128 Å². The van der Waals surface area contributed by atoms with Gasteiger partial charge >= 0.3 is 17.9 Å². The Hall–Kier alpha value is -2.83.